The van der Waals surface area contributed by atoms with Gasteiger partial charge >= 0.3 is 5.97 Å². The Morgan fingerprint density at radius 2 is 1.89 bits per heavy atom. The lowest BCUT2D eigenvalue weighted by atomic mass is 10.0. The lowest BCUT2D eigenvalue weighted by molar-refractivity contribution is -0.128. The Kier molecular flexibility index (Phi) is 4.02. The second kappa shape index (κ2) is 5.71. The van der Waals surface area contributed by atoms with Gasteiger partial charge in [0.1, 0.15) is 0 Å². The Bertz CT molecular complexity index is 621. The topological polar surface area (TPSA) is 52.3 Å². The van der Waals surface area contributed by atoms with Crippen LogP contribution in [0, 0.1) is 0 Å². The summed E-state index contributed by atoms with van der Waals surface area (Å²) in [6.07, 6.45) is 1.11. The van der Waals surface area contributed by atoms with Crippen molar-refractivity contribution in [2.75, 3.05) is 5.73 Å². The van der Waals surface area contributed by atoms with E-state index in [1.165, 1.54) is 0 Å². The summed E-state index contributed by atoms with van der Waals surface area (Å²) >= 11 is 3.38. The minimum atomic E-state index is -0.531. The van der Waals surface area contributed by atoms with Crippen LogP contribution in [0.5, 0.6) is 5.75 Å². The van der Waals surface area contributed by atoms with Gasteiger partial charge in [-0.2, -0.15) is 0 Å². The maximum absolute atomic E-state index is 11.4. The van der Waals surface area contributed by atoms with Crippen molar-refractivity contribution in [3.8, 4) is 16.9 Å². The molecule has 0 aliphatic heterocycles. The second-order valence-electron chi connectivity index (χ2n) is 3.86. The standard InChI is InChI=1S/C15H12BrNO2/c1-2-14(18)19-15-12(4-3-5-13(15)17)10-6-8-11(16)9-7-10/h2-9H,1,17H2. The Morgan fingerprint density at radius 1 is 1.21 bits per heavy atom. The van der Waals surface area contributed by atoms with E-state index < -0.39 is 5.97 Å². The number of carbonyl (C=O) groups excluding carboxylic acids is 1. The predicted octanol–water partition coefficient (Wildman–Crippen LogP) is 3.79. The first-order valence-corrected chi connectivity index (χ1v) is 6.40. The zero-order valence-corrected chi connectivity index (χ0v) is 11.7. The maximum Gasteiger partial charge on any atom is 0.335 e. The summed E-state index contributed by atoms with van der Waals surface area (Å²) in [7, 11) is 0. The molecule has 0 atom stereocenters. The average molecular weight is 318 g/mol. The molecule has 0 heterocycles. The zero-order chi connectivity index (χ0) is 13.8. The number of nitrogen functional groups attached to an aromatic ring is 1. The van der Waals surface area contributed by atoms with Crippen LogP contribution in [0.25, 0.3) is 11.1 Å². The number of anilines is 1. The first-order chi connectivity index (χ1) is 9.11. The fraction of sp³-hybridized carbons (Fsp3) is 0. The first kappa shape index (κ1) is 13.4. The van der Waals surface area contributed by atoms with Crippen molar-refractivity contribution in [1.82, 2.24) is 0 Å². The van der Waals surface area contributed by atoms with Crippen LogP contribution < -0.4 is 10.5 Å². The molecule has 2 aromatic carbocycles. The summed E-state index contributed by atoms with van der Waals surface area (Å²) < 4.78 is 6.19. The molecule has 19 heavy (non-hydrogen) atoms. The number of nitrogens with two attached hydrogens (primary N) is 1. The SMILES string of the molecule is C=CC(=O)Oc1c(N)cccc1-c1ccc(Br)cc1. The number of hydrogen-bond acceptors (Lipinski definition) is 3. The number of para-hydroxylation sites is 1. The van der Waals surface area contributed by atoms with Crippen molar-refractivity contribution in [1.29, 1.82) is 0 Å². The van der Waals surface area contributed by atoms with Crippen LogP contribution in [0.3, 0.4) is 0 Å². The highest BCUT2D eigenvalue weighted by molar-refractivity contribution is 9.10. The van der Waals surface area contributed by atoms with E-state index in [9.17, 15) is 4.79 Å². The van der Waals surface area contributed by atoms with E-state index in [0.717, 1.165) is 21.7 Å². The number of carbonyl (C=O) groups is 1. The third kappa shape index (κ3) is 3.03. The van der Waals surface area contributed by atoms with Gasteiger partial charge < -0.3 is 10.5 Å². The summed E-state index contributed by atoms with van der Waals surface area (Å²) in [4.78, 5) is 11.4. The molecule has 3 nitrogen and oxygen atoms in total. The van der Waals surface area contributed by atoms with Gasteiger partial charge in [0, 0.05) is 16.1 Å². The molecule has 0 fully saturated rings. The van der Waals surface area contributed by atoms with Gasteiger partial charge in [-0.15, -0.1) is 0 Å². The van der Waals surface area contributed by atoms with Gasteiger partial charge in [0.25, 0.3) is 0 Å². The van der Waals surface area contributed by atoms with Gasteiger partial charge in [-0.1, -0.05) is 46.8 Å². The lowest BCUT2D eigenvalue weighted by Gasteiger charge is -2.11. The smallest absolute Gasteiger partial charge is 0.335 e. The van der Waals surface area contributed by atoms with Gasteiger partial charge in [-0.3, -0.25) is 0 Å². The molecule has 0 amide bonds. The highest BCUT2D eigenvalue weighted by Gasteiger charge is 2.12. The minimum absolute atomic E-state index is 0.356. The minimum Gasteiger partial charge on any atom is -0.421 e. The van der Waals surface area contributed by atoms with Crippen molar-refractivity contribution in [3.63, 3.8) is 0 Å². The monoisotopic (exact) mass is 317 g/mol. The van der Waals surface area contributed by atoms with E-state index in [0.29, 0.717) is 11.4 Å². The Labute approximate surface area is 119 Å². The maximum atomic E-state index is 11.4. The number of benzene rings is 2. The summed E-state index contributed by atoms with van der Waals surface area (Å²) in [5, 5.41) is 0. The number of ether oxygens (including phenoxy) is 1. The van der Waals surface area contributed by atoms with E-state index in [2.05, 4.69) is 22.5 Å². The molecule has 0 aromatic heterocycles. The van der Waals surface area contributed by atoms with Crippen LogP contribution in [-0.4, -0.2) is 5.97 Å². The van der Waals surface area contributed by atoms with Crippen molar-refractivity contribution in [2.45, 2.75) is 0 Å². The molecule has 2 N–H and O–H groups in total. The molecule has 2 rings (SSSR count). The lowest BCUT2D eigenvalue weighted by Crippen LogP contribution is -2.06. The molecule has 96 valence electrons. The zero-order valence-electron chi connectivity index (χ0n) is 10.1. The normalized spacial score (nSPS) is 9.95. The molecule has 0 bridgehead atoms. The quantitative estimate of drug-likeness (QED) is 0.405. The predicted molar refractivity (Wildman–Crippen MR) is 79.8 cm³/mol. The van der Waals surface area contributed by atoms with Crippen molar-refractivity contribution >= 4 is 27.6 Å². The Morgan fingerprint density at radius 3 is 2.53 bits per heavy atom. The van der Waals surface area contributed by atoms with Crippen molar-refractivity contribution in [3.05, 3.63) is 59.6 Å². The number of hydrogen-bond donors (Lipinski definition) is 1. The van der Waals surface area contributed by atoms with E-state index in [1.807, 2.05) is 36.4 Å². The molecular weight excluding hydrogens is 306 g/mol. The van der Waals surface area contributed by atoms with Crippen LogP contribution in [0.15, 0.2) is 59.6 Å². The van der Waals surface area contributed by atoms with Crippen LogP contribution in [0.2, 0.25) is 0 Å². The molecule has 2 aromatic rings. The molecule has 0 saturated carbocycles. The summed E-state index contributed by atoms with van der Waals surface area (Å²) in [6, 6.07) is 13.0. The Hall–Kier alpha value is -2.07. The van der Waals surface area contributed by atoms with E-state index in [4.69, 9.17) is 10.5 Å². The molecule has 0 radical (unpaired) electrons. The molecule has 0 saturated heterocycles. The molecule has 0 unspecified atom stereocenters. The number of rotatable bonds is 3. The fourth-order valence-corrected chi connectivity index (χ4v) is 1.93. The number of halogens is 1. The fourth-order valence-electron chi connectivity index (χ4n) is 1.67. The van der Waals surface area contributed by atoms with Crippen LogP contribution in [-0.2, 0) is 4.79 Å². The van der Waals surface area contributed by atoms with Crippen LogP contribution in [0.4, 0.5) is 5.69 Å². The highest BCUT2D eigenvalue weighted by atomic mass is 79.9. The highest BCUT2D eigenvalue weighted by Crippen LogP contribution is 2.35. The molecular formula is C15H12BrNO2. The first-order valence-electron chi connectivity index (χ1n) is 5.60. The summed E-state index contributed by atoms with van der Waals surface area (Å²) in [6.45, 7) is 3.38. The molecule has 0 aliphatic carbocycles. The van der Waals surface area contributed by atoms with Gasteiger partial charge in [0.15, 0.2) is 5.75 Å². The van der Waals surface area contributed by atoms with Crippen LogP contribution >= 0.6 is 15.9 Å². The van der Waals surface area contributed by atoms with E-state index in [1.54, 1.807) is 6.07 Å². The molecule has 0 aliphatic rings. The van der Waals surface area contributed by atoms with Gasteiger partial charge in [0.2, 0.25) is 0 Å². The third-order valence-corrected chi connectivity index (χ3v) is 3.10. The molecule has 4 heteroatoms. The Balaban J connectivity index is 2.50. The van der Waals surface area contributed by atoms with E-state index >= 15 is 0 Å². The third-order valence-electron chi connectivity index (χ3n) is 2.57. The van der Waals surface area contributed by atoms with Crippen molar-refractivity contribution in [2.24, 2.45) is 0 Å². The van der Waals surface area contributed by atoms with Gasteiger partial charge in [-0.05, 0) is 23.8 Å². The van der Waals surface area contributed by atoms with Gasteiger partial charge in [0.05, 0.1) is 5.69 Å². The van der Waals surface area contributed by atoms with E-state index in [-0.39, 0.29) is 0 Å². The number of esters is 1. The second-order valence-corrected chi connectivity index (χ2v) is 4.77. The largest absolute Gasteiger partial charge is 0.421 e. The van der Waals surface area contributed by atoms with Gasteiger partial charge in [-0.25, -0.2) is 4.79 Å². The van der Waals surface area contributed by atoms with Crippen molar-refractivity contribution < 1.29 is 9.53 Å². The summed E-state index contributed by atoms with van der Waals surface area (Å²) in [5.41, 5.74) is 7.97. The summed E-state index contributed by atoms with van der Waals surface area (Å²) in [5.74, 6) is -0.175. The average Bonchev–Trinajstić information content (AvgIpc) is 2.42. The molecule has 0 spiro atoms. The van der Waals surface area contributed by atoms with Crippen LogP contribution in [0.1, 0.15) is 0 Å².